The lowest BCUT2D eigenvalue weighted by atomic mass is 9.81. The van der Waals surface area contributed by atoms with Gasteiger partial charge in [0.05, 0.1) is 17.6 Å². The summed E-state index contributed by atoms with van der Waals surface area (Å²) in [6.45, 7) is 3.91. The zero-order valence-electron chi connectivity index (χ0n) is 18.6. The first-order chi connectivity index (χ1) is 16.6. The Morgan fingerprint density at radius 3 is 2.18 bits per heavy atom. The largest absolute Gasteiger partial charge is 0.309 e. The molecule has 4 aromatic rings. The molecule has 1 N–H and O–H groups in total. The maximum atomic E-state index is 12.4. The Bertz CT molecular complexity index is 1350. The molecule has 0 bridgehead atoms. The number of hydrogen-bond acceptors (Lipinski definition) is 2. The minimum Gasteiger partial charge on any atom is -0.309 e. The van der Waals surface area contributed by atoms with Crippen molar-refractivity contribution in [3.8, 4) is 28.2 Å². The van der Waals surface area contributed by atoms with Gasteiger partial charge in [-0.3, -0.25) is 4.79 Å². The van der Waals surface area contributed by atoms with Gasteiger partial charge in [0.1, 0.15) is 0 Å². The van der Waals surface area contributed by atoms with Crippen LogP contribution < -0.4 is 5.43 Å². The van der Waals surface area contributed by atoms with Crippen LogP contribution in [0.4, 0.5) is 0 Å². The van der Waals surface area contributed by atoms with Crippen LogP contribution >= 0.6 is 11.6 Å². The Morgan fingerprint density at radius 1 is 0.941 bits per heavy atom. The number of aromatic nitrogens is 1. The highest BCUT2D eigenvalue weighted by Crippen LogP contribution is 2.36. The molecule has 0 atom stereocenters. The van der Waals surface area contributed by atoms with E-state index in [1.165, 1.54) is 0 Å². The smallest absolute Gasteiger partial charge is 0.243 e. The predicted molar refractivity (Wildman–Crippen MR) is 139 cm³/mol. The van der Waals surface area contributed by atoms with Gasteiger partial charge in [-0.2, -0.15) is 5.10 Å². The molecule has 1 amide bonds. The Kier molecular flexibility index (Phi) is 6.15. The van der Waals surface area contributed by atoms with Gasteiger partial charge in [-0.1, -0.05) is 84.4 Å². The summed E-state index contributed by atoms with van der Waals surface area (Å²) >= 11 is 6.19. The maximum Gasteiger partial charge on any atom is 0.243 e. The van der Waals surface area contributed by atoms with E-state index in [4.69, 9.17) is 11.6 Å². The third kappa shape index (κ3) is 4.45. The average molecular weight is 466 g/mol. The lowest BCUT2D eigenvalue weighted by Gasteiger charge is -2.25. The minimum atomic E-state index is -0.0645. The molecule has 1 fully saturated rings. The Hall–Kier alpha value is -3.89. The quantitative estimate of drug-likeness (QED) is 0.188. The van der Waals surface area contributed by atoms with Crippen molar-refractivity contribution in [1.29, 1.82) is 0 Å². The first-order valence-electron chi connectivity index (χ1n) is 11.2. The molecule has 3 aromatic carbocycles. The number of rotatable bonds is 6. The SMILES string of the molecule is C=C1CC(C(=O)N/N=C/c2cc(-c3ccccc3)n(-c3ccc(Cl)cc3)c2-c2ccccc2)C1. The zero-order chi connectivity index (χ0) is 23.5. The van der Waals surface area contributed by atoms with Crippen molar-refractivity contribution in [1.82, 2.24) is 9.99 Å². The third-order valence-corrected chi connectivity index (χ3v) is 6.30. The fourth-order valence-corrected chi connectivity index (χ4v) is 4.40. The van der Waals surface area contributed by atoms with E-state index < -0.39 is 0 Å². The number of allylic oxidation sites excluding steroid dienone is 1. The van der Waals surface area contributed by atoms with Crippen molar-refractivity contribution >= 4 is 23.7 Å². The summed E-state index contributed by atoms with van der Waals surface area (Å²) in [4.78, 5) is 12.4. The van der Waals surface area contributed by atoms with Crippen LogP contribution in [0.25, 0.3) is 28.2 Å². The second kappa shape index (κ2) is 9.54. The molecule has 0 unspecified atom stereocenters. The second-order valence-corrected chi connectivity index (χ2v) is 8.90. The van der Waals surface area contributed by atoms with Gasteiger partial charge in [0.2, 0.25) is 5.91 Å². The van der Waals surface area contributed by atoms with Gasteiger partial charge in [0.15, 0.2) is 0 Å². The van der Waals surface area contributed by atoms with E-state index in [1.54, 1.807) is 6.21 Å². The molecule has 1 heterocycles. The van der Waals surface area contributed by atoms with Gasteiger partial charge in [0.25, 0.3) is 0 Å². The van der Waals surface area contributed by atoms with Crippen LogP contribution in [0.1, 0.15) is 18.4 Å². The molecule has 34 heavy (non-hydrogen) atoms. The van der Waals surface area contributed by atoms with E-state index in [9.17, 15) is 4.79 Å². The number of halogens is 1. The van der Waals surface area contributed by atoms with Gasteiger partial charge in [-0.25, -0.2) is 5.43 Å². The molecule has 0 aliphatic heterocycles. The van der Waals surface area contributed by atoms with Gasteiger partial charge < -0.3 is 4.57 Å². The molecule has 168 valence electrons. The highest BCUT2D eigenvalue weighted by molar-refractivity contribution is 6.30. The van der Waals surface area contributed by atoms with Gasteiger partial charge in [0, 0.05) is 22.2 Å². The molecule has 0 radical (unpaired) electrons. The predicted octanol–water partition coefficient (Wildman–Crippen LogP) is 6.88. The van der Waals surface area contributed by atoms with E-state index >= 15 is 0 Å². The molecule has 5 rings (SSSR count). The van der Waals surface area contributed by atoms with Crippen LogP contribution in [-0.2, 0) is 4.79 Å². The lowest BCUT2D eigenvalue weighted by Crippen LogP contribution is -2.32. The Balaban J connectivity index is 1.63. The Morgan fingerprint density at radius 2 is 1.56 bits per heavy atom. The van der Waals surface area contributed by atoms with Crippen molar-refractivity contribution in [3.05, 3.63) is 114 Å². The van der Waals surface area contributed by atoms with E-state index in [-0.39, 0.29) is 11.8 Å². The normalized spacial score (nSPS) is 13.7. The molecule has 4 nitrogen and oxygen atoms in total. The van der Waals surface area contributed by atoms with Crippen molar-refractivity contribution in [2.45, 2.75) is 12.8 Å². The van der Waals surface area contributed by atoms with E-state index in [2.05, 4.69) is 52.0 Å². The summed E-state index contributed by atoms with van der Waals surface area (Å²) in [6, 6.07) is 30.3. The molecule has 1 aliphatic rings. The molecule has 0 spiro atoms. The summed E-state index contributed by atoms with van der Waals surface area (Å²) in [5.41, 5.74) is 9.83. The number of nitrogens with zero attached hydrogens (tertiary/aromatic N) is 2. The number of carbonyl (C=O) groups is 1. The van der Waals surface area contributed by atoms with E-state index in [1.807, 2.05) is 60.7 Å². The molecular weight excluding hydrogens is 442 g/mol. The summed E-state index contributed by atoms with van der Waals surface area (Å²) < 4.78 is 2.21. The molecular formula is C29H24ClN3O. The van der Waals surface area contributed by atoms with Crippen LogP contribution in [0.2, 0.25) is 5.02 Å². The van der Waals surface area contributed by atoms with Gasteiger partial charge >= 0.3 is 0 Å². The molecule has 1 saturated carbocycles. The summed E-state index contributed by atoms with van der Waals surface area (Å²) in [5, 5.41) is 5.00. The first-order valence-corrected chi connectivity index (χ1v) is 11.6. The number of hydrazone groups is 1. The fourth-order valence-electron chi connectivity index (χ4n) is 4.28. The molecule has 0 saturated heterocycles. The van der Waals surface area contributed by atoms with Crippen molar-refractivity contribution in [2.75, 3.05) is 0 Å². The summed E-state index contributed by atoms with van der Waals surface area (Å²) in [6.07, 6.45) is 3.20. The highest BCUT2D eigenvalue weighted by atomic mass is 35.5. The molecule has 5 heteroatoms. The molecule has 1 aromatic heterocycles. The highest BCUT2D eigenvalue weighted by Gasteiger charge is 2.28. The number of amides is 1. The summed E-state index contributed by atoms with van der Waals surface area (Å²) in [5.74, 6) is -0.0953. The van der Waals surface area contributed by atoms with Crippen LogP contribution in [0.15, 0.2) is 108 Å². The van der Waals surface area contributed by atoms with Crippen molar-refractivity contribution < 1.29 is 4.79 Å². The Labute approximate surface area is 204 Å². The second-order valence-electron chi connectivity index (χ2n) is 8.47. The minimum absolute atomic E-state index is 0.0308. The van der Waals surface area contributed by atoms with E-state index in [0.717, 1.165) is 52.2 Å². The zero-order valence-corrected chi connectivity index (χ0v) is 19.4. The monoisotopic (exact) mass is 465 g/mol. The van der Waals surface area contributed by atoms with Gasteiger partial charge in [-0.15, -0.1) is 0 Å². The topological polar surface area (TPSA) is 46.4 Å². The number of carbonyl (C=O) groups excluding carboxylic acids is 1. The fraction of sp³-hybridized carbons (Fsp3) is 0.103. The van der Waals surface area contributed by atoms with Crippen LogP contribution in [0, 0.1) is 5.92 Å². The number of nitrogens with one attached hydrogen (secondary N) is 1. The van der Waals surface area contributed by atoms with Crippen LogP contribution in [0.3, 0.4) is 0 Å². The summed E-state index contributed by atoms with van der Waals surface area (Å²) in [7, 11) is 0. The lowest BCUT2D eigenvalue weighted by molar-refractivity contribution is -0.126. The maximum absolute atomic E-state index is 12.4. The molecule has 1 aliphatic carbocycles. The third-order valence-electron chi connectivity index (χ3n) is 6.05. The van der Waals surface area contributed by atoms with Crippen LogP contribution in [0.5, 0.6) is 0 Å². The van der Waals surface area contributed by atoms with E-state index in [0.29, 0.717) is 5.02 Å². The standard InChI is InChI=1S/C29H24ClN3O/c1-20-16-23(17-20)29(34)32-31-19-24-18-27(21-8-4-2-5-9-21)33(26-14-12-25(30)13-15-26)28(24)22-10-6-3-7-11-22/h2-15,18-19,23H,1,16-17H2,(H,32,34)/b31-19+. The first kappa shape index (κ1) is 21.9. The van der Waals surface area contributed by atoms with Crippen LogP contribution in [-0.4, -0.2) is 16.7 Å². The number of benzene rings is 3. The van der Waals surface area contributed by atoms with Crippen molar-refractivity contribution in [2.24, 2.45) is 11.0 Å². The average Bonchev–Trinajstić information content (AvgIpc) is 3.23. The number of hydrogen-bond donors (Lipinski definition) is 1. The van der Waals surface area contributed by atoms with Gasteiger partial charge in [-0.05, 0) is 54.3 Å². The van der Waals surface area contributed by atoms with Crippen molar-refractivity contribution in [3.63, 3.8) is 0 Å².